The van der Waals surface area contributed by atoms with E-state index in [4.69, 9.17) is 10.6 Å². The van der Waals surface area contributed by atoms with Crippen LogP contribution in [0.15, 0.2) is 5.10 Å². The molecule has 2 N–H and O–H groups in total. The Bertz CT molecular complexity index is 92.6. The van der Waals surface area contributed by atoms with Crippen molar-refractivity contribution in [1.29, 1.82) is 0 Å². The van der Waals surface area contributed by atoms with Gasteiger partial charge in [-0.15, -0.1) is 0 Å². The highest BCUT2D eigenvalue weighted by Crippen LogP contribution is 2.00. The van der Waals surface area contributed by atoms with Crippen LogP contribution in [-0.4, -0.2) is 18.9 Å². The first kappa shape index (κ1) is 5.56. The molecule has 0 aromatic rings. The Morgan fingerprint density at radius 3 is 2.38 bits per heavy atom. The predicted molar refractivity (Wildman–Crippen MR) is 31.7 cm³/mol. The Kier molecular flexibility index (Phi) is 1.86. The van der Waals surface area contributed by atoms with Crippen LogP contribution in [0.1, 0.15) is 12.8 Å². The van der Waals surface area contributed by atoms with Gasteiger partial charge in [0.1, 0.15) is 0 Å². The fraction of sp³-hybridized carbons (Fsp3) is 0.800. The van der Waals surface area contributed by atoms with Gasteiger partial charge in [-0.05, 0) is 0 Å². The van der Waals surface area contributed by atoms with Gasteiger partial charge in [0, 0.05) is 18.6 Å². The second-order valence-corrected chi connectivity index (χ2v) is 1.81. The smallest absolute Gasteiger partial charge is 0.0519 e. The van der Waals surface area contributed by atoms with Gasteiger partial charge in [-0.3, -0.25) is 0 Å². The van der Waals surface area contributed by atoms with E-state index in [2.05, 4.69) is 5.10 Å². The first-order chi connectivity index (χ1) is 3.93. The molecule has 1 heterocycles. The third kappa shape index (κ3) is 1.20. The summed E-state index contributed by atoms with van der Waals surface area (Å²) in [7, 11) is 0. The first-order valence-corrected chi connectivity index (χ1v) is 2.77. The molecule has 3 nitrogen and oxygen atoms in total. The van der Waals surface area contributed by atoms with Gasteiger partial charge in [0.15, 0.2) is 0 Å². The van der Waals surface area contributed by atoms with Gasteiger partial charge in [-0.25, -0.2) is 0 Å². The Morgan fingerprint density at radius 1 is 1.38 bits per heavy atom. The van der Waals surface area contributed by atoms with Crippen molar-refractivity contribution in [1.82, 2.24) is 0 Å². The third-order valence-electron chi connectivity index (χ3n) is 1.25. The predicted octanol–water partition coefficient (Wildman–Crippen LogP) is 0.111. The van der Waals surface area contributed by atoms with Crippen molar-refractivity contribution >= 4 is 5.71 Å². The van der Waals surface area contributed by atoms with Gasteiger partial charge in [0.25, 0.3) is 0 Å². The molecule has 0 radical (unpaired) electrons. The number of hydrazone groups is 1. The maximum absolute atomic E-state index is 5.07. The highest BCUT2D eigenvalue weighted by molar-refractivity contribution is 5.84. The number of hydrogen-bond donors (Lipinski definition) is 1. The van der Waals surface area contributed by atoms with Gasteiger partial charge in [0.05, 0.1) is 13.2 Å². The van der Waals surface area contributed by atoms with Crippen LogP contribution in [-0.2, 0) is 4.74 Å². The molecule has 1 rings (SSSR count). The first-order valence-electron chi connectivity index (χ1n) is 2.77. The van der Waals surface area contributed by atoms with Crippen LogP contribution in [0.3, 0.4) is 0 Å². The van der Waals surface area contributed by atoms with Gasteiger partial charge in [-0.1, -0.05) is 0 Å². The second-order valence-electron chi connectivity index (χ2n) is 1.81. The van der Waals surface area contributed by atoms with E-state index < -0.39 is 0 Å². The van der Waals surface area contributed by atoms with Crippen LogP contribution < -0.4 is 5.84 Å². The molecule has 0 aliphatic carbocycles. The van der Waals surface area contributed by atoms with Crippen molar-refractivity contribution in [3.63, 3.8) is 0 Å². The molecule has 46 valence electrons. The van der Waals surface area contributed by atoms with Crippen molar-refractivity contribution in [2.75, 3.05) is 13.2 Å². The molecular weight excluding hydrogens is 104 g/mol. The van der Waals surface area contributed by atoms with E-state index in [1.54, 1.807) is 0 Å². The highest BCUT2D eigenvalue weighted by atomic mass is 16.5. The summed E-state index contributed by atoms with van der Waals surface area (Å²) in [6.07, 6.45) is 1.83. The summed E-state index contributed by atoms with van der Waals surface area (Å²) in [6.45, 7) is 1.58. The number of nitrogens with zero attached hydrogens (tertiary/aromatic N) is 1. The van der Waals surface area contributed by atoms with E-state index >= 15 is 0 Å². The summed E-state index contributed by atoms with van der Waals surface area (Å²) in [5.41, 5.74) is 1.08. The van der Waals surface area contributed by atoms with Crippen LogP contribution in [0.25, 0.3) is 0 Å². The minimum atomic E-state index is 0.788. The maximum Gasteiger partial charge on any atom is 0.0519 e. The summed E-state index contributed by atoms with van der Waals surface area (Å²) < 4.78 is 5.07. The molecule has 0 bridgehead atoms. The average molecular weight is 114 g/mol. The highest BCUT2D eigenvalue weighted by Gasteiger charge is 2.04. The molecule has 3 heteroatoms. The van der Waals surface area contributed by atoms with Gasteiger partial charge < -0.3 is 10.6 Å². The lowest BCUT2D eigenvalue weighted by Gasteiger charge is -2.11. The molecule has 0 aromatic heterocycles. The molecule has 0 atom stereocenters. The Morgan fingerprint density at radius 2 is 2.00 bits per heavy atom. The van der Waals surface area contributed by atoms with Crippen LogP contribution in [0.4, 0.5) is 0 Å². The van der Waals surface area contributed by atoms with Crippen LogP contribution in [0.2, 0.25) is 0 Å². The number of ether oxygens (including phenoxy) is 1. The van der Waals surface area contributed by atoms with Crippen LogP contribution in [0, 0.1) is 0 Å². The lowest BCUT2D eigenvalue weighted by molar-refractivity contribution is 0.134. The summed E-state index contributed by atoms with van der Waals surface area (Å²) in [5.74, 6) is 5.04. The Labute approximate surface area is 48.5 Å². The van der Waals surface area contributed by atoms with Crippen LogP contribution in [0.5, 0.6) is 0 Å². The maximum atomic E-state index is 5.07. The summed E-state index contributed by atoms with van der Waals surface area (Å²) >= 11 is 0. The largest absolute Gasteiger partial charge is 0.381 e. The lowest BCUT2D eigenvalue weighted by Crippen LogP contribution is -2.16. The molecule has 8 heavy (non-hydrogen) atoms. The van der Waals surface area contributed by atoms with Crippen molar-refractivity contribution in [3.05, 3.63) is 0 Å². The summed E-state index contributed by atoms with van der Waals surface area (Å²) in [4.78, 5) is 0. The Balaban J connectivity index is 2.33. The van der Waals surface area contributed by atoms with E-state index in [0.29, 0.717) is 0 Å². The van der Waals surface area contributed by atoms with Gasteiger partial charge >= 0.3 is 0 Å². The van der Waals surface area contributed by atoms with Crippen molar-refractivity contribution in [2.45, 2.75) is 12.8 Å². The van der Waals surface area contributed by atoms with E-state index in [0.717, 1.165) is 31.8 Å². The van der Waals surface area contributed by atoms with E-state index in [9.17, 15) is 0 Å². The van der Waals surface area contributed by atoms with Gasteiger partial charge in [-0.2, -0.15) is 5.10 Å². The molecule has 0 spiro atoms. The topological polar surface area (TPSA) is 47.6 Å². The van der Waals surface area contributed by atoms with E-state index in [1.165, 1.54) is 0 Å². The molecule has 1 saturated heterocycles. The van der Waals surface area contributed by atoms with Crippen LogP contribution >= 0.6 is 0 Å². The SMILES string of the molecule is NN=C1CCOCC1. The monoisotopic (exact) mass is 114 g/mol. The molecule has 0 saturated carbocycles. The normalized spacial score (nSPS) is 20.8. The van der Waals surface area contributed by atoms with Crippen molar-refractivity contribution in [2.24, 2.45) is 10.9 Å². The van der Waals surface area contributed by atoms with Gasteiger partial charge in [0.2, 0.25) is 0 Å². The second kappa shape index (κ2) is 2.67. The Hall–Kier alpha value is -0.570. The fourth-order valence-electron chi connectivity index (χ4n) is 0.736. The minimum Gasteiger partial charge on any atom is -0.381 e. The average Bonchev–Trinajstić information content (AvgIpc) is 1.90. The van der Waals surface area contributed by atoms with Crippen molar-refractivity contribution < 1.29 is 4.74 Å². The number of nitrogens with two attached hydrogens (primary N) is 1. The quantitative estimate of drug-likeness (QED) is 0.359. The molecular formula is C5H10N2O. The summed E-state index contributed by atoms with van der Waals surface area (Å²) in [6, 6.07) is 0. The number of rotatable bonds is 0. The fourth-order valence-corrected chi connectivity index (χ4v) is 0.736. The zero-order valence-electron chi connectivity index (χ0n) is 4.76. The molecule has 0 amide bonds. The molecule has 1 fully saturated rings. The van der Waals surface area contributed by atoms with E-state index in [1.807, 2.05) is 0 Å². The molecule has 1 aliphatic heterocycles. The summed E-state index contributed by atoms with van der Waals surface area (Å²) in [5, 5.41) is 3.58. The number of hydrogen-bond acceptors (Lipinski definition) is 3. The third-order valence-corrected chi connectivity index (χ3v) is 1.25. The molecule has 0 unspecified atom stereocenters. The molecule has 1 aliphatic rings. The standard InChI is InChI=1S/C5H10N2O/c6-7-5-1-3-8-4-2-5/h1-4,6H2. The zero-order valence-corrected chi connectivity index (χ0v) is 4.76. The lowest BCUT2D eigenvalue weighted by atomic mass is 10.2. The zero-order chi connectivity index (χ0) is 5.82. The van der Waals surface area contributed by atoms with E-state index in [-0.39, 0.29) is 0 Å². The van der Waals surface area contributed by atoms with Crippen molar-refractivity contribution in [3.8, 4) is 0 Å². The molecule has 0 aromatic carbocycles. The minimum absolute atomic E-state index is 0.788.